The minimum absolute atomic E-state index is 0.0886. The van der Waals surface area contributed by atoms with E-state index in [0.29, 0.717) is 6.61 Å². The lowest BCUT2D eigenvalue weighted by molar-refractivity contribution is 0.00349. The van der Waals surface area contributed by atoms with Crippen LogP contribution in [-0.4, -0.2) is 32.3 Å². The molecule has 172 valence electrons. The van der Waals surface area contributed by atoms with Gasteiger partial charge < -0.3 is 4.74 Å². The number of hydrogen-bond donors (Lipinski definition) is 0. The lowest BCUT2D eigenvalue weighted by atomic mass is 9.74. The molecule has 6 nitrogen and oxygen atoms in total. The second-order valence-corrected chi connectivity index (χ2v) is 10.1. The first-order chi connectivity index (χ1) is 17.1. The topological polar surface area (TPSA) is 76.1 Å². The molecule has 2 atom stereocenters. The van der Waals surface area contributed by atoms with Crippen LogP contribution in [0.1, 0.15) is 25.3 Å². The van der Waals surface area contributed by atoms with Crippen molar-refractivity contribution in [2.24, 2.45) is 0 Å². The minimum Gasteiger partial charge on any atom is -0.378 e. The number of hydrogen-bond acceptors (Lipinski definition) is 6. The van der Waals surface area contributed by atoms with Crippen LogP contribution in [0.4, 0.5) is 0 Å². The van der Waals surface area contributed by atoms with Gasteiger partial charge in [0.1, 0.15) is 5.69 Å². The quantitative estimate of drug-likeness (QED) is 0.313. The maximum Gasteiger partial charge on any atom is 0.187 e. The van der Waals surface area contributed by atoms with Crippen LogP contribution in [0, 0.1) is 11.3 Å². The molecule has 4 heterocycles. The van der Waals surface area contributed by atoms with Crippen LogP contribution in [0.25, 0.3) is 28.1 Å². The highest BCUT2D eigenvalue weighted by atomic mass is 32.2. The van der Waals surface area contributed by atoms with E-state index >= 15 is 0 Å². The van der Waals surface area contributed by atoms with Gasteiger partial charge in [0.15, 0.2) is 11.5 Å². The molecule has 2 unspecified atom stereocenters. The van der Waals surface area contributed by atoms with Crippen molar-refractivity contribution in [3.8, 4) is 17.6 Å². The third-order valence-electron chi connectivity index (χ3n) is 6.64. The summed E-state index contributed by atoms with van der Waals surface area (Å²) >= 11 is 1.71. The van der Waals surface area contributed by atoms with E-state index in [2.05, 4.69) is 74.2 Å². The molecule has 0 spiro atoms. The monoisotopic (exact) mass is 477 g/mol. The number of aromatic nitrogens is 4. The van der Waals surface area contributed by atoms with Crippen LogP contribution in [0.3, 0.4) is 0 Å². The van der Waals surface area contributed by atoms with Gasteiger partial charge >= 0.3 is 0 Å². The Balaban J connectivity index is 1.35. The lowest BCUT2D eigenvalue weighted by Crippen LogP contribution is -2.36. The van der Waals surface area contributed by atoms with E-state index in [1.807, 2.05) is 31.2 Å². The molecule has 1 aliphatic heterocycles. The van der Waals surface area contributed by atoms with Crippen molar-refractivity contribution in [1.29, 1.82) is 5.26 Å². The highest BCUT2D eigenvalue weighted by Gasteiger charge is 2.37. The number of rotatable bonds is 4. The summed E-state index contributed by atoms with van der Waals surface area (Å²) in [6.45, 7) is 2.67. The van der Waals surface area contributed by atoms with Crippen molar-refractivity contribution in [1.82, 2.24) is 19.6 Å². The summed E-state index contributed by atoms with van der Waals surface area (Å²) in [5.74, 6) is 0.729. The summed E-state index contributed by atoms with van der Waals surface area (Å²) in [5.41, 5.74) is 3.20. The first-order valence-electron chi connectivity index (χ1n) is 11.7. The second kappa shape index (κ2) is 8.81. The molecule has 35 heavy (non-hydrogen) atoms. The third kappa shape index (κ3) is 3.95. The number of pyridine rings is 2. The molecular formula is C28H23N5OS. The molecule has 0 aliphatic carbocycles. The average Bonchev–Trinajstić information content (AvgIpc) is 3.34. The van der Waals surface area contributed by atoms with Crippen molar-refractivity contribution in [2.75, 3.05) is 6.61 Å². The molecular weight excluding hydrogens is 454 g/mol. The Morgan fingerprint density at radius 3 is 2.77 bits per heavy atom. The molecule has 0 saturated carbocycles. The van der Waals surface area contributed by atoms with Gasteiger partial charge in [-0.1, -0.05) is 30.0 Å². The van der Waals surface area contributed by atoms with Gasteiger partial charge in [-0.05, 0) is 85.3 Å². The predicted octanol–water partition coefficient (Wildman–Crippen LogP) is 6.06. The van der Waals surface area contributed by atoms with Gasteiger partial charge in [-0.25, -0.2) is 0 Å². The lowest BCUT2D eigenvalue weighted by Gasteiger charge is -2.35. The fraction of sp³-hybridized carbons (Fsp3) is 0.214. The summed E-state index contributed by atoms with van der Waals surface area (Å²) < 4.78 is 7.76. The highest BCUT2D eigenvalue weighted by molar-refractivity contribution is 7.99. The Hall–Kier alpha value is -3.73. The summed E-state index contributed by atoms with van der Waals surface area (Å²) in [6, 6.07) is 27.3. The van der Waals surface area contributed by atoms with Crippen molar-refractivity contribution in [3.05, 3.63) is 84.6 Å². The number of benzene rings is 2. The van der Waals surface area contributed by atoms with E-state index in [1.165, 1.54) is 0 Å². The zero-order chi connectivity index (χ0) is 23.8. The molecule has 0 bridgehead atoms. The van der Waals surface area contributed by atoms with Gasteiger partial charge in [0.25, 0.3) is 0 Å². The number of fused-ring (bicyclic) bond motifs is 3. The molecule has 2 aromatic carbocycles. The van der Waals surface area contributed by atoms with Gasteiger partial charge in [0, 0.05) is 22.6 Å². The second-order valence-electron chi connectivity index (χ2n) is 8.95. The van der Waals surface area contributed by atoms with Gasteiger partial charge in [-0.2, -0.15) is 5.26 Å². The zero-order valence-electron chi connectivity index (χ0n) is 19.3. The first-order valence-corrected chi connectivity index (χ1v) is 12.5. The molecule has 1 saturated heterocycles. The van der Waals surface area contributed by atoms with E-state index in [1.54, 1.807) is 18.0 Å². The largest absolute Gasteiger partial charge is 0.378 e. The van der Waals surface area contributed by atoms with E-state index in [4.69, 9.17) is 4.74 Å². The molecule has 5 aromatic rings. The average molecular weight is 478 g/mol. The Morgan fingerprint density at radius 1 is 1.03 bits per heavy atom. The fourth-order valence-corrected chi connectivity index (χ4v) is 5.83. The maximum absolute atomic E-state index is 10.1. The van der Waals surface area contributed by atoms with Crippen molar-refractivity contribution in [3.63, 3.8) is 0 Å². The molecule has 0 radical (unpaired) electrons. The van der Waals surface area contributed by atoms with E-state index in [-0.39, 0.29) is 6.10 Å². The van der Waals surface area contributed by atoms with Crippen LogP contribution >= 0.6 is 11.8 Å². The molecule has 3 aromatic heterocycles. The van der Waals surface area contributed by atoms with Crippen LogP contribution in [-0.2, 0) is 10.2 Å². The SMILES string of the molecule is CC1CC(C#N)(c2cccc(Sc3ccc4c(ccc5nnc(-c6ccccn6)n54)c3)c2)CCO1. The van der Waals surface area contributed by atoms with Crippen LogP contribution < -0.4 is 0 Å². The summed E-state index contributed by atoms with van der Waals surface area (Å²) in [5, 5.41) is 19.9. The Bertz CT molecular complexity index is 1580. The van der Waals surface area contributed by atoms with Gasteiger partial charge in [0.2, 0.25) is 0 Å². The number of nitrogens with zero attached hydrogens (tertiary/aromatic N) is 5. The molecule has 1 aliphatic rings. The van der Waals surface area contributed by atoms with E-state index in [9.17, 15) is 5.26 Å². The maximum atomic E-state index is 10.1. The normalized spacial score (nSPS) is 20.2. The van der Waals surface area contributed by atoms with Gasteiger partial charge in [0.05, 0.1) is 23.1 Å². The molecule has 7 heteroatoms. The zero-order valence-corrected chi connectivity index (χ0v) is 20.1. The van der Waals surface area contributed by atoms with Crippen molar-refractivity contribution >= 4 is 28.3 Å². The first kappa shape index (κ1) is 21.8. The molecule has 0 N–H and O–H groups in total. The Kier molecular flexibility index (Phi) is 5.48. The highest BCUT2D eigenvalue weighted by Crippen LogP contribution is 2.39. The Labute approximate surface area is 207 Å². The predicted molar refractivity (Wildman–Crippen MR) is 136 cm³/mol. The number of ether oxygens (including phenoxy) is 1. The third-order valence-corrected chi connectivity index (χ3v) is 7.62. The van der Waals surface area contributed by atoms with Gasteiger partial charge in [-0.3, -0.25) is 9.38 Å². The summed E-state index contributed by atoms with van der Waals surface area (Å²) in [7, 11) is 0. The number of nitriles is 1. The van der Waals surface area contributed by atoms with Gasteiger partial charge in [-0.15, -0.1) is 10.2 Å². The van der Waals surface area contributed by atoms with E-state index in [0.717, 1.165) is 56.3 Å². The van der Waals surface area contributed by atoms with Crippen molar-refractivity contribution in [2.45, 2.75) is 41.1 Å². The molecule has 6 rings (SSSR count). The Morgan fingerprint density at radius 2 is 1.94 bits per heavy atom. The molecule has 0 amide bonds. The van der Waals surface area contributed by atoms with Crippen molar-refractivity contribution < 1.29 is 4.74 Å². The minimum atomic E-state index is -0.487. The van der Waals surface area contributed by atoms with Crippen LogP contribution in [0.15, 0.2) is 88.8 Å². The van der Waals surface area contributed by atoms with E-state index < -0.39 is 5.41 Å². The summed E-state index contributed by atoms with van der Waals surface area (Å²) in [6.07, 6.45) is 3.31. The van der Waals surface area contributed by atoms with Crippen LogP contribution in [0.5, 0.6) is 0 Å². The molecule has 1 fully saturated rings. The summed E-state index contributed by atoms with van der Waals surface area (Å²) in [4.78, 5) is 6.71. The smallest absolute Gasteiger partial charge is 0.187 e. The van der Waals surface area contributed by atoms with Crippen LogP contribution in [0.2, 0.25) is 0 Å². The standard InChI is InChI=1S/C28H23N5OS/c1-19-17-28(18-29,12-14-34-19)21-5-4-6-22(16-21)35-23-9-10-25-20(15-23)8-11-26-31-32-27(33(25)26)24-7-2-3-13-30-24/h2-11,13,15-16,19H,12,14,17H2,1H3. The fourth-order valence-electron chi connectivity index (χ4n) is 4.91.